The van der Waals surface area contributed by atoms with Gasteiger partial charge in [-0.25, -0.2) is 9.97 Å². The average Bonchev–Trinajstić information content (AvgIpc) is 3.31. The lowest BCUT2D eigenvalue weighted by atomic mass is 10.1. The number of aromatic amines is 1. The molecule has 0 atom stereocenters. The monoisotopic (exact) mass is 348 g/mol. The molecule has 2 aliphatic rings. The van der Waals surface area contributed by atoms with Crippen LogP contribution in [0.25, 0.3) is 10.9 Å². The van der Waals surface area contributed by atoms with Gasteiger partial charge in [0.25, 0.3) is 0 Å². The van der Waals surface area contributed by atoms with E-state index in [1.54, 1.807) is 0 Å². The minimum absolute atomic E-state index is 0.266. The third-order valence-corrected chi connectivity index (χ3v) is 5.61. The van der Waals surface area contributed by atoms with Crippen molar-refractivity contribution in [1.29, 1.82) is 0 Å². The van der Waals surface area contributed by atoms with Crippen molar-refractivity contribution in [1.82, 2.24) is 15.0 Å². The van der Waals surface area contributed by atoms with E-state index in [1.807, 2.05) is 13.1 Å². The van der Waals surface area contributed by atoms with Crippen LogP contribution >= 0.6 is 0 Å². The Hall–Kier alpha value is -2.56. The Morgan fingerprint density at radius 3 is 2.88 bits per heavy atom. The third-order valence-electron chi connectivity index (χ3n) is 5.61. The van der Waals surface area contributed by atoms with E-state index in [2.05, 4.69) is 39.1 Å². The number of anilines is 1. The number of H-pyrrole nitrogens is 1. The van der Waals surface area contributed by atoms with Crippen molar-refractivity contribution in [3.63, 3.8) is 0 Å². The van der Waals surface area contributed by atoms with Crippen LogP contribution in [0.15, 0.2) is 30.5 Å². The lowest BCUT2D eigenvalue weighted by Gasteiger charge is -2.34. The molecule has 0 spiro atoms. The fraction of sp³-hybridized carbons (Fsp3) is 0.429. The number of ether oxygens (including phenoxy) is 1. The Labute approximate surface area is 153 Å². The second-order valence-corrected chi connectivity index (χ2v) is 7.37. The van der Waals surface area contributed by atoms with Crippen LogP contribution < -0.4 is 9.64 Å². The standard InChI is InChI=1S/C21H24N4O/c1-14-23-19-6-2-4-17(19)21(24-14)25-12-9-15(10-13-25)26-20-7-3-5-18-16(20)8-11-22-18/h3,5,7-8,11,15,22H,2,4,6,9-10,12-13H2,1H3. The maximum Gasteiger partial charge on any atom is 0.135 e. The van der Waals surface area contributed by atoms with Gasteiger partial charge in [-0.2, -0.15) is 0 Å². The molecule has 0 saturated carbocycles. The highest BCUT2D eigenvalue weighted by Gasteiger charge is 2.27. The molecule has 0 amide bonds. The van der Waals surface area contributed by atoms with E-state index in [-0.39, 0.29) is 6.10 Å². The molecule has 1 aliphatic heterocycles. The fourth-order valence-electron chi connectivity index (χ4n) is 4.32. The first-order valence-corrected chi connectivity index (χ1v) is 9.62. The molecule has 0 radical (unpaired) electrons. The first-order valence-electron chi connectivity index (χ1n) is 9.62. The summed E-state index contributed by atoms with van der Waals surface area (Å²) in [7, 11) is 0. The summed E-state index contributed by atoms with van der Waals surface area (Å²) in [4.78, 5) is 15.1. The smallest absolute Gasteiger partial charge is 0.135 e. The molecular formula is C21H24N4O. The molecule has 3 heterocycles. The van der Waals surface area contributed by atoms with Gasteiger partial charge in [0, 0.05) is 54.3 Å². The molecule has 5 nitrogen and oxygen atoms in total. The van der Waals surface area contributed by atoms with Gasteiger partial charge in [0.2, 0.25) is 0 Å². The zero-order valence-corrected chi connectivity index (χ0v) is 15.2. The van der Waals surface area contributed by atoms with Crippen LogP contribution in [-0.2, 0) is 12.8 Å². The van der Waals surface area contributed by atoms with Crippen molar-refractivity contribution in [3.8, 4) is 5.75 Å². The van der Waals surface area contributed by atoms with Crippen molar-refractivity contribution in [2.45, 2.75) is 45.1 Å². The number of rotatable bonds is 3. The molecule has 134 valence electrons. The third kappa shape index (κ3) is 2.71. The quantitative estimate of drug-likeness (QED) is 0.782. The van der Waals surface area contributed by atoms with Crippen molar-refractivity contribution in [2.75, 3.05) is 18.0 Å². The predicted molar refractivity (Wildman–Crippen MR) is 103 cm³/mol. The summed E-state index contributed by atoms with van der Waals surface area (Å²) >= 11 is 0. The molecule has 5 heteroatoms. The largest absolute Gasteiger partial charge is 0.490 e. The highest BCUT2D eigenvalue weighted by molar-refractivity contribution is 5.85. The van der Waals surface area contributed by atoms with Crippen LogP contribution in [0.3, 0.4) is 0 Å². The number of aromatic nitrogens is 3. The average molecular weight is 348 g/mol. The van der Waals surface area contributed by atoms with E-state index >= 15 is 0 Å². The van der Waals surface area contributed by atoms with Gasteiger partial charge in [-0.3, -0.25) is 0 Å². The normalized spacial score (nSPS) is 17.7. The highest BCUT2D eigenvalue weighted by Crippen LogP contribution is 2.32. The highest BCUT2D eigenvalue weighted by atomic mass is 16.5. The molecule has 2 aromatic heterocycles. The number of aryl methyl sites for hydroxylation is 2. The molecule has 3 aromatic rings. The Bertz CT molecular complexity index is 940. The number of piperidine rings is 1. The zero-order valence-electron chi connectivity index (χ0n) is 15.2. The number of benzene rings is 1. The van der Waals surface area contributed by atoms with E-state index in [0.29, 0.717) is 0 Å². The van der Waals surface area contributed by atoms with Crippen molar-refractivity contribution in [3.05, 3.63) is 47.5 Å². The molecule has 26 heavy (non-hydrogen) atoms. The summed E-state index contributed by atoms with van der Waals surface area (Å²) in [6.45, 7) is 4.00. The van der Waals surface area contributed by atoms with Gasteiger partial charge in [-0.1, -0.05) is 6.07 Å². The van der Waals surface area contributed by atoms with Crippen molar-refractivity contribution in [2.24, 2.45) is 0 Å². The van der Waals surface area contributed by atoms with Gasteiger partial charge in [-0.15, -0.1) is 0 Å². The van der Waals surface area contributed by atoms with Crippen LogP contribution in [0.5, 0.6) is 5.75 Å². The molecule has 0 bridgehead atoms. The lowest BCUT2D eigenvalue weighted by Crippen LogP contribution is -2.39. The Morgan fingerprint density at radius 2 is 2.00 bits per heavy atom. The van der Waals surface area contributed by atoms with Gasteiger partial charge in [-0.05, 0) is 44.4 Å². The van der Waals surface area contributed by atoms with Crippen LogP contribution in [0, 0.1) is 6.92 Å². The Balaban J connectivity index is 1.31. The molecule has 1 aliphatic carbocycles. The molecular weight excluding hydrogens is 324 g/mol. The molecule has 1 saturated heterocycles. The van der Waals surface area contributed by atoms with E-state index < -0.39 is 0 Å². The molecule has 1 N–H and O–H groups in total. The predicted octanol–water partition coefficient (Wildman–Crippen LogP) is 3.80. The van der Waals surface area contributed by atoms with Crippen molar-refractivity contribution < 1.29 is 4.74 Å². The van der Waals surface area contributed by atoms with Crippen LogP contribution in [0.1, 0.15) is 36.3 Å². The van der Waals surface area contributed by atoms with E-state index in [4.69, 9.17) is 9.72 Å². The van der Waals surface area contributed by atoms with Gasteiger partial charge in [0.15, 0.2) is 0 Å². The SMILES string of the molecule is Cc1nc2c(c(N3CCC(Oc4cccc5[nH]ccc45)CC3)n1)CCC2. The number of hydrogen-bond donors (Lipinski definition) is 1. The Kier molecular flexibility index (Phi) is 3.80. The van der Waals surface area contributed by atoms with E-state index in [0.717, 1.165) is 55.9 Å². The minimum Gasteiger partial charge on any atom is -0.490 e. The van der Waals surface area contributed by atoms with Gasteiger partial charge >= 0.3 is 0 Å². The zero-order chi connectivity index (χ0) is 17.5. The maximum atomic E-state index is 6.35. The molecule has 1 fully saturated rings. The van der Waals surface area contributed by atoms with Crippen molar-refractivity contribution >= 4 is 16.7 Å². The summed E-state index contributed by atoms with van der Waals surface area (Å²) in [5, 5.41) is 1.17. The first-order chi connectivity index (χ1) is 12.8. The lowest BCUT2D eigenvalue weighted by molar-refractivity contribution is 0.173. The second kappa shape index (κ2) is 6.31. The first kappa shape index (κ1) is 15.7. The summed E-state index contributed by atoms with van der Waals surface area (Å²) in [5.41, 5.74) is 3.78. The van der Waals surface area contributed by atoms with Crippen LogP contribution in [-0.4, -0.2) is 34.1 Å². The number of nitrogens with one attached hydrogen (secondary N) is 1. The maximum absolute atomic E-state index is 6.35. The topological polar surface area (TPSA) is 54.0 Å². The number of hydrogen-bond acceptors (Lipinski definition) is 4. The van der Waals surface area contributed by atoms with Gasteiger partial charge < -0.3 is 14.6 Å². The van der Waals surface area contributed by atoms with E-state index in [9.17, 15) is 0 Å². The second-order valence-electron chi connectivity index (χ2n) is 7.37. The van der Waals surface area contributed by atoms with Crippen LogP contribution in [0.2, 0.25) is 0 Å². The van der Waals surface area contributed by atoms with Gasteiger partial charge in [0.05, 0.1) is 0 Å². The van der Waals surface area contributed by atoms with Gasteiger partial charge in [0.1, 0.15) is 23.5 Å². The Morgan fingerprint density at radius 1 is 1.12 bits per heavy atom. The summed E-state index contributed by atoms with van der Waals surface area (Å²) in [6.07, 6.45) is 7.72. The number of fused-ring (bicyclic) bond motifs is 2. The van der Waals surface area contributed by atoms with Crippen LogP contribution in [0.4, 0.5) is 5.82 Å². The molecule has 0 unspecified atom stereocenters. The summed E-state index contributed by atoms with van der Waals surface area (Å²) in [6, 6.07) is 8.30. The summed E-state index contributed by atoms with van der Waals surface area (Å²) < 4.78 is 6.35. The minimum atomic E-state index is 0.266. The summed E-state index contributed by atoms with van der Waals surface area (Å²) in [5.74, 6) is 3.07. The fourth-order valence-corrected chi connectivity index (χ4v) is 4.32. The molecule has 5 rings (SSSR count). The van der Waals surface area contributed by atoms with E-state index in [1.165, 1.54) is 28.9 Å². The molecule has 1 aromatic carbocycles. The number of nitrogens with zero attached hydrogens (tertiary/aromatic N) is 3.